The smallest absolute Gasteiger partial charge is 0.235 e. The van der Waals surface area contributed by atoms with E-state index in [-0.39, 0.29) is 11.0 Å². The largest absolute Gasteiger partial charge is 0.489 e. The fourth-order valence-corrected chi connectivity index (χ4v) is 3.06. The minimum absolute atomic E-state index is 0.244. The molecule has 0 amide bonds. The number of ether oxygens (including phenoxy) is 2. The van der Waals surface area contributed by atoms with Crippen LogP contribution in [0.1, 0.15) is 37.7 Å². The Kier molecular flexibility index (Phi) is 2.45. The predicted octanol–water partition coefficient (Wildman–Crippen LogP) is 2.95. The summed E-state index contributed by atoms with van der Waals surface area (Å²) in [5.41, 5.74) is 0.916. The number of hydrogen-bond acceptors (Lipinski definition) is 4. The first kappa shape index (κ1) is 12.0. The van der Waals surface area contributed by atoms with E-state index in [0.29, 0.717) is 0 Å². The van der Waals surface area contributed by atoms with Gasteiger partial charge in [0.25, 0.3) is 0 Å². The molecule has 2 saturated carbocycles. The minimum Gasteiger partial charge on any atom is -0.489 e. The Labute approximate surface area is 117 Å². The molecule has 1 aromatic rings. The van der Waals surface area contributed by atoms with E-state index in [1.54, 1.807) is 6.08 Å². The van der Waals surface area contributed by atoms with Gasteiger partial charge >= 0.3 is 0 Å². The van der Waals surface area contributed by atoms with Crippen molar-refractivity contribution in [1.82, 2.24) is 0 Å². The summed E-state index contributed by atoms with van der Waals surface area (Å²) in [6.45, 7) is 1.48. The van der Waals surface area contributed by atoms with Crippen LogP contribution in [0.5, 0.6) is 11.5 Å². The lowest BCUT2D eigenvalue weighted by molar-refractivity contribution is 0.197. The molecule has 2 fully saturated rings. The van der Waals surface area contributed by atoms with Gasteiger partial charge in [0, 0.05) is 5.41 Å². The van der Waals surface area contributed by atoms with E-state index in [9.17, 15) is 4.79 Å². The second-order valence-corrected chi connectivity index (χ2v) is 6.33. The summed E-state index contributed by atoms with van der Waals surface area (Å²) in [4.78, 5) is 14.7. The first-order valence-corrected chi connectivity index (χ1v) is 7.25. The second kappa shape index (κ2) is 4.10. The standard InChI is InChI=1S/C16H17NO3/c18-11-17-16(4-1-5-16)12-2-3-13-14(8-12)20-10-15(6-7-15)9-19-13/h2-3,8H,1,4-7,9-10H2. The molecule has 4 nitrogen and oxygen atoms in total. The second-order valence-electron chi connectivity index (χ2n) is 6.33. The third-order valence-electron chi connectivity index (χ3n) is 4.95. The topological polar surface area (TPSA) is 47.9 Å². The number of hydrogen-bond donors (Lipinski definition) is 0. The van der Waals surface area contributed by atoms with Gasteiger partial charge in [-0.1, -0.05) is 6.07 Å². The highest BCUT2D eigenvalue weighted by Crippen LogP contribution is 2.51. The van der Waals surface area contributed by atoms with Crippen LogP contribution in [-0.2, 0) is 10.3 Å². The molecule has 104 valence electrons. The van der Waals surface area contributed by atoms with Crippen molar-refractivity contribution in [1.29, 1.82) is 0 Å². The summed E-state index contributed by atoms with van der Waals surface area (Å²) < 4.78 is 11.8. The van der Waals surface area contributed by atoms with E-state index in [0.717, 1.165) is 49.5 Å². The Morgan fingerprint density at radius 2 is 1.80 bits per heavy atom. The number of rotatable bonds is 2. The number of fused-ring (bicyclic) bond motifs is 1. The molecule has 0 atom stereocenters. The molecule has 3 aliphatic rings. The number of carbonyl (C=O) groups excluding carboxylic acids is 1. The van der Waals surface area contributed by atoms with E-state index in [1.807, 2.05) is 18.2 Å². The Hall–Kier alpha value is -1.80. The SMILES string of the molecule is O=C=NC1(c2ccc3c(c2)OCC2(CC2)CO3)CCC1. The van der Waals surface area contributed by atoms with Crippen molar-refractivity contribution in [2.75, 3.05) is 13.2 Å². The summed E-state index contributed by atoms with van der Waals surface area (Å²) in [6.07, 6.45) is 7.02. The molecule has 1 heterocycles. The van der Waals surface area contributed by atoms with E-state index >= 15 is 0 Å². The predicted molar refractivity (Wildman–Crippen MR) is 72.7 cm³/mol. The van der Waals surface area contributed by atoms with Crippen LogP contribution in [0.25, 0.3) is 0 Å². The Morgan fingerprint density at radius 3 is 2.40 bits per heavy atom. The van der Waals surface area contributed by atoms with Gasteiger partial charge in [-0.05, 0) is 49.8 Å². The van der Waals surface area contributed by atoms with Crippen LogP contribution in [0, 0.1) is 5.41 Å². The Balaban J connectivity index is 1.67. The van der Waals surface area contributed by atoms with Gasteiger partial charge in [0.05, 0.1) is 18.8 Å². The molecule has 4 rings (SSSR count). The number of isocyanates is 1. The van der Waals surface area contributed by atoms with Gasteiger partial charge in [0.2, 0.25) is 6.08 Å². The van der Waals surface area contributed by atoms with E-state index in [1.165, 1.54) is 12.8 Å². The van der Waals surface area contributed by atoms with Crippen LogP contribution >= 0.6 is 0 Å². The van der Waals surface area contributed by atoms with Gasteiger partial charge < -0.3 is 9.47 Å². The molecule has 0 saturated heterocycles. The van der Waals surface area contributed by atoms with Crippen molar-refractivity contribution in [2.24, 2.45) is 10.4 Å². The lowest BCUT2D eigenvalue weighted by Gasteiger charge is -2.37. The van der Waals surface area contributed by atoms with Crippen LogP contribution < -0.4 is 9.47 Å². The summed E-state index contributed by atoms with van der Waals surface area (Å²) in [7, 11) is 0. The van der Waals surface area contributed by atoms with Crippen molar-refractivity contribution in [2.45, 2.75) is 37.6 Å². The summed E-state index contributed by atoms with van der Waals surface area (Å²) in [5.74, 6) is 1.60. The normalized spacial score (nSPS) is 24.2. The maximum absolute atomic E-state index is 10.7. The molecule has 0 N–H and O–H groups in total. The molecule has 0 aromatic heterocycles. The zero-order chi connectivity index (χ0) is 13.6. The molecule has 20 heavy (non-hydrogen) atoms. The van der Waals surface area contributed by atoms with Gasteiger partial charge in [-0.2, -0.15) is 4.99 Å². The number of aliphatic imine (C=N–C) groups is 1. The monoisotopic (exact) mass is 271 g/mol. The molecular formula is C16H17NO3. The zero-order valence-corrected chi connectivity index (χ0v) is 11.4. The van der Waals surface area contributed by atoms with Crippen LogP contribution in [0.15, 0.2) is 23.2 Å². The van der Waals surface area contributed by atoms with Gasteiger partial charge in [0.1, 0.15) is 0 Å². The number of nitrogens with zero attached hydrogens (tertiary/aromatic N) is 1. The van der Waals surface area contributed by atoms with Crippen molar-refractivity contribution in [3.05, 3.63) is 23.8 Å². The Bertz CT molecular complexity index is 596. The summed E-state index contributed by atoms with van der Waals surface area (Å²) in [6, 6.07) is 5.95. The Morgan fingerprint density at radius 1 is 1.05 bits per heavy atom. The van der Waals surface area contributed by atoms with Gasteiger partial charge in [-0.15, -0.1) is 0 Å². The highest BCUT2D eigenvalue weighted by atomic mass is 16.5. The highest BCUT2D eigenvalue weighted by molar-refractivity contribution is 5.48. The van der Waals surface area contributed by atoms with E-state index in [2.05, 4.69) is 4.99 Å². The van der Waals surface area contributed by atoms with Gasteiger partial charge in [0.15, 0.2) is 11.5 Å². The molecule has 1 spiro atoms. The van der Waals surface area contributed by atoms with Gasteiger partial charge in [-0.25, -0.2) is 4.79 Å². The fraction of sp³-hybridized carbons (Fsp3) is 0.562. The quantitative estimate of drug-likeness (QED) is 0.613. The average Bonchev–Trinajstić information content (AvgIpc) is 3.22. The van der Waals surface area contributed by atoms with Crippen molar-refractivity contribution >= 4 is 6.08 Å². The lowest BCUT2D eigenvalue weighted by Crippen LogP contribution is -2.31. The van der Waals surface area contributed by atoms with Crippen molar-refractivity contribution < 1.29 is 14.3 Å². The van der Waals surface area contributed by atoms with E-state index in [4.69, 9.17) is 9.47 Å². The fourth-order valence-electron chi connectivity index (χ4n) is 3.06. The van der Waals surface area contributed by atoms with Gasteiger partial charge in [-0.3, -0.25) is 0 Å². The van der Waals surface area contributed by atoms with Crippen molar-refractivity contribution in [3.8, 4) is 11.5 Å². The third kappa shape index (κ3) is 1.75. The first-order chi connectivity index (χ1) is 9.75. The van der Waals surface area contributed by atoms with Crippen molar-refractivity contribution in [3.63, 3.8) is 0 Å². The molecule has 1 aliphatic heterocycles. The number of benzene rings is 1. The molecule has 0 unspecified atom stereocenters. The highest BCUT2D eigenvalue weighted by Gasteiger charge is 2.46. The first-order valence-electron chi connectivity index (χ1n) is 7.25. The molecule has 0 radical (unpaired) electrons. The maximum atomic E-state index is 10.7. The van der Waals surface area contributed by atoms with Crippen LogP contribution in [0.4, 0.5) is 0 Å². The summed E-state index contributed by atoms with van der Waals surface area (Å²) in [5, 5.41) is 0. The maximum Gasteiger partial charge on any atom is 0.235 e. The summed E-state index contributed by atoms with van der Waals surface area (Å²) >= 11 is 0. The molecule has 4 heteroatoms. The van der Waals surface area contributed by atoms with Crippen LogP contribution in [0.2, 0.25) is 0 Å². The molecule has 0 bridgehead atoms. The zero-order valence-electron chi connectivity index (χ0n) is 11.4. The molecule has 1 aromatic carbocycles. The average molecular weight is 271 g/mol. The van der Waals surface area contributed by atoms with Crippen LogP contribution in [-0.4, -0.2) is 19.3 Å². The minimum atomic E-state index is -0.371. The molecular weight excluding hydrogens is 254 g/mol. The lowest BCUT2D eigenvalue weighted by atomic mass is 9.72. The molecule has 2 aliphatic carbocycles. The van der Waals surface area contributed by atoms with Crippen LogP contribution in [0.3, 0.4) is 0 Å². The third-order valence-corrected chi connectivity index (χ3v) is 4.95. The van der Waals surface area contributed by atoms with E-state index < -0.39 is 0 Å².